The Labute approximate surface area is 99.5 Å². The minimum atomic E-state index is -0.627. The topological polar surface area (TPSA) is 60.8 Å². The highest BCUT2D eigenvalue weighted by Gasteiger charge is 2.36. The first-order valence-corrected chi connectivity index (χ1v) is 5.49. The van der Waals surface area contributed by atoms with Crippen LogP contribution >= 0.6 is 0 Å². The average Bonchev–Trinajstić information content (AvgIpc) is 2.79. The summed E-state index contributed by atoms with van der Waals surface area (Å²) in [6.45, 7) is 3.98. The number of carbonyl (C=O) groups excluding carboxylic acids is 1. The van der Waals surface area contributed by atoms with E-state index < -0.39 is 12.1 Å². The van der Waals surface area contributed by atoms with Crippen molar-refractivity contribution in [3.8, 4) is 0 Å². The van der Waals surface area contributed by atoms with Gasteiger partial charge in [0, 0.05) is 17.5 Å². The number of hydrogen-bond acceptors (Lipinski definition) is 5. The summed E-state index contributed by atoms with van der Waals surface area (Å²) in [7, 11) is 0. The molecule has 0 spiro atoms. The summed E-state index contributed by atoms with van der Waals surface area (Å²) < 4.78 is 10.3. The number of ether oxygens (including phenoxy) is 2. The minimum absolute atomic E-state index is 0.337. The Morgan fingerprint density at radius 3 is 3.12 bits per heavy atom. The zero-order valence-electron chi connectivity index (χ0n) is 9.79. The molecular formula is C12H14N2O3. The molecule has 5 heteroatoms. The maximum absolute atomic E-state index is 11.7. The second kappa shape index (κ2) is 4.95. The number of aryl methyl sites for hydroxylation is 1. The summed E-state index contributed by atoms with van der Waals surface area (Å²) in [5, 5.41) is 0. The molecule has 0 bridgehead atoms. The smallest absolute Gasteiger partial charge is 0.335 e. The van der Waals surface area contributed by atoms with E-state index in [1.807, 2.05) is 19.1 Å². The van der Waals surface area contributed by atoms with Crippen LogP contribution in [0.2, 0.25) is 0 Å². The fourth-order valence-electron chi connectivity index (χ4n) is 1.77. The second-order valence-electron chi connectivity index (χ2n) is 3.69. The Balaban J connectivity index is 2.22. The van der Waals surface area contributed by atoms with Gasteiger partial charge in [0.15, 0.2) is 18.5 Å². The summed E-state index contributed by atoms with van der Waals surface area (Å²) in [6.07, 6.45) is 2.58. The van der Waals surface area contributed by atoms with E-state index in [2.05, 4.69) is 9.98 Å². The molecule has 1 aromatic heterocycles. The number of aliphatic imine (C=N–C) groups is 1. The van der Waals surface area contributed by atoms with Gasteiger partial charge in [-0.3, -0.25) is 4.98 Å². The average molecular weight is 234 g/mol. The lowest BCUT2D eigenvalue weighted by atomic mass is 10.0. The molecule has 0 radical (unpaired) electrons. The third kappa shape index (κ3) is 2.27. The minimum Gasteiger partial charge on any atom is -0.473 e. The maximum atomic E-state index is 11.7. The van der Waals surface area contributed by atoms with Gasteiger partial charge in [0.05, 0.1) is 6.61 Å². The van der Waals surface area contributed by atoms with Gasteiger partial charge in [0.25, 0.3) is 0 Å². The largest absolute Gasteiger partial charge is 0.473 e. The molecule has 0 aliphatic carbocycles. The van der Waals surface area contributed by atoms with Crippen molar-refractivity contribution in [1.82, 2.24) is 4.98 Å². The second-order valence-corrected chi connectivity index (χ2v) is 3.69. The summed E-state index contributed by atoms with van der Waals surface area (Å²) in [6, 6.07) is 3.07. The summed E-state index contributed by atoms with van der Waals surface area (Å²) in [5.41, 5.74) is 1.69. The summed E-state index contributed by atoms with van der Waals surface area (Å²) in [5.74, 6) is -0.366. The van der Waals surface area contributed by atoms with Crippen LogP contribution in [0.5, 0.6) is 0 Å². The molecule has 0 fully saturated rings. The lowest BCUT2D eigenvalue weighted by molar-refractivity contribution is -0.146. The van der Waals surface area contributed by atoms with E-state index in [0.717, 1.165) is 11.3 Å². The Morgan fingerprint density at radius 2 is 2.41 bits per heavy atom. The Hall–Kier alpha value is -1.91. The van der Waals surface area contributed by atoms with Crippen molar-refractivity contribution >= 4 is 12.4 Å². The highest BCUT2D eigenvalue weighted by atomic mass is 16.5. The van der Waals surface area contributed by atoms with Crippen LogP contribution in [0.15, 0.2) is 23.3 Å². The maximum Gasteiger partial charge on any atom is 0.335 e. The molecule has 0 saturated carbocycles. The van der Waals surface area contributed by atoms with Gasteiger partial charge in [-0.25, -0.2) is 9.79 Å². The summed E-state index contributed by atoms with van der Waals surface area (Å²) >= 11 is 0. The van der Waals surface area contributed by atoms with Crippen LogP contribution in [-0.4, -0.2) is 30.0 Å². The van der Waals surface area contributed by atoms with Gasteiger partial charge in [0.1, 0.15) is 0 Å². The van der Waals surface area contributed by atoms with E-state index in [0.29, 0.717) is 6.61 Å². The molecule has 2 atom stereocenters. The van der Waals surface area contributed by atoms with Gasteiger partial charge in [-0.05, 0) is 19.9 Å². The zero-order chi connectivity index (χ0) is 12.3. The van der Waals surface area contributed by atoms with E-state index >= 15 is 0 Å². The predicted octanol–water partition coefficient (Wildman–Crippen LogP) is 1.42. The van der Waals surface area contributed by atoms with Crippen molar-refractivity contribution in [2.75, 3.05) is 6.61 Å². The molecule has 2 rings (SSSR count). The highest BCUT2D eigenvalue weighted by molar-refractivity contribution is 5.80. The third-order valence-corrected chi connectivity index (χ3v) is 2.60. The molecule has 2 heterocycles. The molecule has 90 valence electrons. The standard InChI is InChI=1S/C12H14N2O3/c1-3-16-12(15)10-11(17-7-14-10)9-5-4-6-13-8(9)2/h4-7,10-11H,3H2,1-2H3. The number of rotatable bonds is 3. The highest BCUT2D eigenvalue weighted by Crippen LogP contribution is 2.29. The molecule has 0 amide bonds. The number of hydrogen-bond donors (Lipinski definition) is 0. The van der Waals surface area contributed by atoms with E-state index in [4.69, 9.17) is 9.47 Å². The predicted molar refractivity (Wildman–Crippen MR) is 61.7 cm³/mol. The van der Waals surface area contributed by atoms with Crippen molar-refractivity contribution in [3.63, 3.8) is 0 Å². The van der Waals surface area contributed by atoms with E-state index in [1.165, 1.54) is 6.40 Å². The molecular weight excluding hydrogens is 220 g/mol. The van der Waals surface area contributed by atoms with Crippen molar-refractivity contribution in [2.45, 2.75) is 26.0 Å². The SMILES string of the molecule is CCOC(=O)C1N=COC1c1cccnc1C. The van der Waals surface area contributed by atoms with Crippen LogP contribution in [0, 0.1) is 6.92 Å². The van der Waals surface area contributed by atoms with Gasteiger partial charge >= 0.3 is 5.97 Å². The molecule has 17 heavy (non-hydrogen) atoms. The van der Waals surface area contributed by atoms with Crippen LogP contribution in [0.25, 0.3) is 0 Å². The quantitative estimate of drug-likeness (QED) is 0.742. The van der Waals surface area contributed by atoms with Gasteiger partial charge in [-0.2, -0.15) is 0 Å². The zero-order valence-corrected chi connectivity index (χ0v) is 9.79. The lowest BCUT2D eigenvalue weighted by Gasteiger charge is -2.17. The normalized spacial score (nSPS) is 22.2. The van der Waals surface area contributed by atoms with Gasteiger partial charge in [-0.15, -0.1) is 0 Å². The van der Waals surface area contributed by atoms with E-state index in [9.17, 15) is 4.79 Å². The monoisotopic (exact) mass is 234 g/mol. The van der Waals surface area contributed by atoms with Gasteiger partial charge in [-0.1, -0.05) is 6.07 Å². The first-order valence-electron chi connectivity index (χ1n) is 5.49. The number of esters is 1. The van der Waals surface area contributed by atoms with E-state index in [-0.39, 0.29) is 5.97 Å². The Morgan fingerprint density at radius 1 is 1.59 bits per heavy atom. The first kappa shape index (κ1) is 11.6. The Bertz CT molecular complexity index is 445. The molecule has 0 saturated heterocycles. The van der Waals surface area contributed by atoms with Crippen molar-refractivity contribution in [1.29, 1.82) is 0 Å². The summed E-state index contributed by atoms with van der Waals surface area (Å²) in [4.78, 5) is 19.9. The number of nitrogens with zero attached hydrogens (tertiary/aromatic N) is 2. The van der Waals surface area contributed by atoms with Crippen LogP contribution in [0.4, 0.5) is 0 Å². The number of carbonyl (C=O) groups is 1. The number of aromatic nitrogens is 1. The fourth-order valence-corrected chi connectivity index (χ4v) is 1.77. The van der Waals surface area contributed by atoms with Crippen molar-refractivity contribution < 1.29 is 14.3 Å². The molecule has 1 aromatic rings. The van der Waals surface area contributed by atoms with Crippen molar-refractivity contribution in [3.05, 3.63) is 29.6 Å². The van der Waals surface area contributed by atoms with Gasteiger partial charge in [0.2, 0.25) is 0 Å². The van der Waals surface area contributed by atoms with E-state index in [1.54, 1.807) is 13.1 Å². The van der Waals surface area contributed by atoms with Crippen LogP contribution in [0.3, 0.4) is 0 Å². The van der Waals surface area contributed by atoms with Crippen molar-refractivity contribution in [2.24, 2.45) is 4.99 Å². The fraction of sp³-hybridized carbons (Fsp3) is 0.417. The molecule has 0 aromatic carbocycles. The third-order valence-electron chi connectivity index (χ3n) is 2.60. The first-order chi connectivity index (χ1) is 8.24. The molecule has 2 unspecified atom stereocenters. The van der Waals surface area contributed by atoms with Gasteiger partial charge < -0.3 is 9.47 Å². The number of pyridine rings is 1. The molecule has 0 N–H and O–H groups in total. The molecule has 5 nitrogen and oxygen atoms in total. The molecule has 1 aliphatic rings. The Kier molecular flexibility index (Phi) is 3.37. The lowest BCUT2D eigenvalue weighted by Crippen LogP contribution is -2.26. The van der Waals surface area contributed by atoms with Crippen LogP contribution < -0.4 is 0 Å². The van der Waals surface area contributed by atoms with Crippen LogP contribution in [0.1, 0.15) is 24.3 Å². The van der Waals surface area contributed by atoms with Crippen LogP contribution in [-0.2, 0) is 14.3 Å². The molecule has 1 aliphatic heterocycles.